The molecule has 92 valence electrons. The number of aliphatic hydroxyl groups excluding tert-OH is 1. The minimum Gasteiger partial charge on any atom is -0.394 e. The van der Waals surface area contributed by atoms with Gasteiger partial charge in [0.25, 0.3) is 6.43 Å². The Morgan fingerprint density at radius 2 is 1.71 bits per heavy atom. The molecule has 0 aliphatic heterocycles. The second-order valence-electron chi connectivity index (χ2n) is 3.56. The summed E-state index contributed by atoms with van der Waals surface area (Å²) >= 11 is 0. The number of halogens is 2. The zero-order valence-electron chi connectivity index (χ0n) is 9.00. The third-order valence-corrected chi connectivity index (χ3v) is 2.25. The fourth-order valence-electron chi connectivity index (χ4n) is 1.49. The molecule has 1 N–H and O–H groups in total. The minimum absolute atomic E-state index is 0.00572. The molecule has 2 aromatic rings. The molecule has 0 aliphatic rings. The SMILES string of the molecule is OCCn1cc(-c2cnn(CC(F)F)c2)cn1. The summed E-state index contributed by atoms with van der Waals surface area (Å²) in [6.45, 7) is 0.00170. The average molecular weight is 242 g/mol. The second-order valence-corrected chi connectivity index (χ2v) is 3.56. The van der Waals surface area contributed by atoms with Crippen LogP contribution >= 0.6 is 0 Å². The Kier molecular flexibility index (Phi) is 3.48. The molecule has 0 spiro atoms. The van der Waals surface area contributed by atoms with Gasteiger partial charge in [-0.1, -0.05) is 0 Å². The molecule has 0 saturated heterocycles. The van der Waals surface area contributed by atoms with E-state index in [1.807, 2.05) is 0 Å². The first kappa shape index (κ1) is 11.7. The standard InChI is InChI=1S/C10H12F2N4O/c11-10(12)7-16-6-9(4-14-16)8-3-13-15(5-8)1-2-17/h3-6,10,17H,1-2,7H2. The number of aliphatic hydroxyl groups is 1. The van der Waals surface area contributed by atoms with E-state index in [2.05, 4.69) is 10.2 Å². The number of rotatable bonds is 5. The molecule has 2 rings (SSSR count). The van der Waals surface area contributed by atoms with E-state index in [1.54, 1.807) is 23.3 Å². The van der Waals surface area contributed by atoms with Gasteiger partial charge in [0.1, 0.15) is 6.54 Å². The van der Waals surface area contributed by atoms with Crippen molar-refractivity contribution in [3.63, 3.8) is 0 Å². The van der Waals surface area contributed by atoms with Crippen molar-refractivity contribution in [1.82, 2.24) is 19.6 Å². The van der Waals surface area contributed by atoms with Crippen LogP contribution in [0.2, 0.25) is 0 Å². The predicted molar refractivity (Wildman–Crippen MR) is 56.5 cm³/mol. The van der Waals surface area contributed by atoms with Crippen LogP contribution in [0.4, 0.5) is 8.78 Å². The molecule has 17 heavy (non-hydrogen) atoms. The van der Waals surface area contributed by atoms with Crippen molar-refractivity contribution < 1.29 is 13.9 Å². The molecule has 0 amide bonds. The minimum atomic E-state index is -2.42. The maximum absolute atomic E-state index is 12.1. The Bertz CT molecular complexity index is 480. The summed E-state index contributed by atoms with van der Waals surface area (Å²) in [4.78, 5) is 0. The van der Waals surface area contributed by atoms with E-state index in [9.17, 15) is 8.78 Å². The van der Waals surface area contributed by atoms with Gasteiger partial charge >= 0.3 is 0 Å². The normalized spacial score (nSPS) is 11.3. The highest BCUT2D eigenvalue weighted by Crippen LogP contribution is 2.17. The van der Waals surface area contributed by atoms with Gasteiger partial charge in [-0.05, 0) is 0 Å². The lowest BCUT2D eigenvalue weighted by Gasteiger charge is -1.97. The third-order valence-electron chi connectivity index (χ3n) is 2.25. The van der Waals surface area contributed by atoms with Crippen LogP contribution in [-0.2, 0) is 13.1 Å². The number of nitrogens with zero attached hydrogens (tertiary/aromatic N) is 4. The predicted octanol–water partition coefficient (Wildman–Crippen LogP) is 1.00. The number of aromatic nitrogens is 4. The van der Waals surface area contributed by atoms with Crippen LogP contribution in [0.3, 0.4) is 0 Å². The molecule has 7 heteroatoms. The summed E-state index contributed by atoms with van der Waals surface area (Å²) in [6.07, 6.45) is 3.99. The first-order chi connectivity index (χ1) is 8.19. The molecule has 0 atom stereocenters. The maximum atomic E-state index is 12.1. The monoisotopic (exact) mass is 242 g/mol. The van der Waals surface area contributed by atoms with Crippen molar-refractivity contribution in [1.29, 1.82) is 0 Å². The number of alkyl halides is 2. The molecular formula is C10H12F2N4O. The van der Waals surface area contributed by atoms with Gasteiger partial charge in [0.2, 0.25) is 0 Å². The summed E-state index contributed by atoms with van der Waals surface area (Å²) in [6, 6.07) is 0. The fraction of sp³-hybridized carbons (Fsp3) is 0.400. The highest BCUT2D eigenvalue weighted by molar-refractivity contribution is 5.59. The molecule has 0 radical (unpaired) electrons. The smallest absolute Gasteiger partial charge is 0.257 e. The van der Waals surface area contributed by atoms with Crippen LogP contribution in [0.5, 0.6) is 0 Å². The van der Waals surface area contributed by atoms with E-state index in [-0.39, 0.29) is 6.61 Å². The molecule has 0 aliphatic carbocycles. The first-order valence-corrected chi connectivity index (χ1v) is 5.13. The van der Waals surface area contributed by atoms with Gasteiger partial charge in [-0.15, -0.1) is 0 Å². The molecule has 0 aromatic carbocycles. The van der Waals surface area contributed by atoms with Gasteiger partial charge < -0.3 is 5.11 Å². The van der Waals surface area contributed by atoms with Crippen LogP contribution in [0, 0.1) is 0 Å². The highest BCUT2D eigenvalue weighted by Gasteiger charge is 2.08. The fourth-order valence-corrected chi connectivity index (χ4v) is 1.49. The topological polar surface area (TPSA) is 55.9 Å². The van der Waals surface area contributed by atoms with Gasteiger partial charge in [-0.25, -0.2) is 8.78 Å². The van der Waals surface area contributed by atoms with Crippen LogP contribution in [0.15, 0.2) is 24.8 Å². The quantitative estimate of drug-likeness (QED) is 0.851. The lowest BCUT2D eigenvalue weighted by molar-refractivity contribution is 0.122. The zero-order chi connectivity index (χ0) is 12.3. The van der Waals surface area contributed by atoms with Crippen molar-refractivity contribution in [2.24, 2.45) is 0 Å². The molecule has 0 saturated carbocycles. The Hall–Kier alpha value is -1.76. The van der Waals surface area contributed by atoms with Crippen molar-refractivity contribution in [2.45, 2.75) is 19.5 Å². The molecule has 2 heterocycles. The van der Waals surface area contributed by atoms with Gasteiger partial charge in [-0.2, -0.15) is 10.2 Å². The molecule has 0 fully saturated rings. The summed E-state index contributed by atoms with van der Waals surface area (Å²) in [5, 5.41) is 16.6. The Labute approximate surface area is 96.3 Å². The lowest BCUT2D eigenvalue weighted by atomic mass is 10.2. The van der Waals surface area contributed by atoms with Crippen molar-refractivity contribution >= 4 is 0 Å². The second kappa shape index (κ2) is 5.05. The summed E-state index contributed by atoms with van der Waals surface area (Å²) in [7, 11) is 0. The molecule has 0 bridgehead atoms. The molecule has 0 unspecified atom stereocenters. The van der Waals surface area contributed by atoms with E-state index < -0.39 is 13.0 Å². The van der Waals surface area contributed by atoms with Crippen molar-refractivity contribution in [2.75, 3.05) is 6.61 Å². The summed E-state index contributed by atoms with van der Waals surface area (Å²) < 4.78 is 27.0. The first-order valence-electron chi connectivity index (χ1n) is 5.13. The third kappa shape index (κ3) is 2.88. The summed E-state index contributed by atoms with van der Waals surface area (Å²) in [5.74, 6) is 0. The number of hydrogen-bond acceptors (Lipinski definition) is 3. The van der Waals surface area contributed by atoms with Crippen molar-refractivity contribution in [3.8, 4) is 11.1 Å². The van der Waals surface area contributed by atoms with Crippen LogP contribution < -0.4 is 0 Å². The van der Waals surface area contributed by atoms with Gasteiger partial charge in [0, 0.05) is 23.5 Å². The Morgan fingerprint density at radius 3 is 2.29 bits per heavy atom. The van der Waals surface area contributed by atoms with E-state index in [0.717, 1.165) is 11.1 Å². The maximum Gasteiger partial charge on any atom is 0.257 e. The van der Waals surface area contributed by atoms with Crippen LogP contribution in [0.25, 0.3) is 11.1 Å². The van der Waals surface area contributed by atoms with Gasteiger partial charge in [0.15, 0.2) is 0 Å². The van der Waals surface area contributed by atoms with Crippen LogP contribution in [0.1, 0.15) is 0 Å². The number of hydrogen-bond donors (Lipinski definition) is 1. The van der Waals surface area contributed by atoms with E-state index in [0.29, 0.717) is 6.54 Å². The largest absolute Gasteiger partial charge is 0.394 e. The van der Waals surface area contributed by atoms with Gasteiger partial charge in [-0.3, -0.25) is 9.36 Å². The molecular weight excluding hydrogens is 230 g/mol. The van der Waals surface area contributed by atoms with E-state index >= 15 is 0 Å². The van der Waals surface area contributed by atoms with Crippen molar-refractivity contribution in [3.05, 3.63) is 24.8 Å². The Balaban J connectivity index is 2.12. The lowest BCUT2D eigenvalue weighted by Crippen LogP contribution is -2.06. The zero-order valence-corrected chi connectivity index (χ0v) is 9.00. The van der Waals surface area contributed by atoms with Crippen LogP contribution in [-0.4, -0.2) is 37.7 Å². The van der Waals surface area contributed by atoms with Gasteiger partial charge in [0.05, 0.1) is 25.5 Å². The van der Waals surface area contributed by atoms with E-state index in [4.69, 9.17) is 5.11 Å². The molecule has 5 nitrogen and oxygen atoms in total. The molecule has 2 aromatic heterocycles. The highest BCUT2D eigenvalue weighted by atomic mass is 19.3. The average Bonchev–Trinajstić information content (AvgIpc) is 2.86. The van der Waals surface area contributed by atoms with E-state index in [1.165, 1.54) is 10.9 Å². The Morgan fingerprint density at radius 1 is 1.12 bits per heavy atom. The summed E-state index contributed by atoms with van der Waals surface area (Å²) in [5.41, 5.74) is 1.52.